The molecular weight excluding hydrogens is 294 g/mol. The molecule has 5 heteroatoms. The Hall–Kier alpha value is -3.08. The summed E-state index contributed by atoms with van der Waals surface area (Å²) in [5.74, 6) is -3.06. The fraction of sp³-hybridized carbons (Fsp3) is 0.111. The molecule has 0 heterocycles. The van der Waals surface area contributed by atoms with Crippen LogP contribution < -0.4 is 0 Å². The second-order valence-electron chi connectivity index (χ2n) is 5.00. The minimum absolute atomic E-state index is 0.317. The smallest absolute Gasteiger partial charge is 0.371 e. The molecule has 118 valence electrons. The lowest BCUT2D eigenvalue weighted by Crippen LogP contribution is -2.29. The molecule has 1 amide bonds. The summed E-state index contributed by atoms with van der Waals surface area (Å²) in [6.07, 6.45) is 0.730. The van der Waals surface area contributed by atoms with Gasteiger partial charge in [-0.05, 0) is 11.1 Å². The Morgan fingerprint density at radius 3 is 1.65 bits per heavy atom. The highest BCUT2D eigenvalue weighted by molar-refractivity contribution is 5.96. The van der Waals surface area contributed by atoms with Crippen molar-refractivity contribution in [1.29, 1.82) is 0 Å². The van der Waals surface area contributed by atoms with Crippen LogP contribution in [0.1, 0.15) is 11.1 Å². The molecule has 2 N–H and O–H groups in total. The standard InChI is InChI=1S/C18H17NO4/c20-16(18(22)23)11-17(21)19(12-14-7-3-1-4-8-14)13-15-9-5-2-6-10-15/h1-11,20H,12-13H2,(H,22,23)/b16-11-. The molecular formula is C18H17NO4. The van der Waals surface area contributed by atoms with E-state index in [0.717, 1.165) is 17.2 Å². The van der Waals surface area contributed by atoms with Gasteiger partial charge in [-0.3, -0.25) is 4.79 Å². The number of aliphatic hydroxyl groups excluding tert-OH is 1. The Balaban J connectivity index is 2.22. The van der Waals surface area contributed by atoms with Crippen LogP contribution in [0.5, 0.6) is 0 Å². The second kappa shape index (κ2) is 7.79. The molecule has 0 bridgehead atoms. The first-order valence-corrected chi connectivity index (χ1v) is 7.07. The van der Waals surface area contributed by atoms with E-state index in [1.165, 1.54) is 4.90 Å². The van der Waals surface area contributed by atoms with Gasteiger partial charge >= 0.3 is 5.97 Å². The molecule has 0 saturated heterocycles. The van der Waals surface area contributed by atoms with Crippen LogP contribution >= 0.6 is 0 Å². The highest BCUT2D eigenvalue weighted by Crippen LogP contribution is 2.11. The van der Waals surface area contributed by atoms with Crippen LogP contribution in [0.25, 0.3) is 0 Å². The molecule has 0 aliphatic rings. The van der Waals surface area contributed by atoms with Gasteiger partial charge in [-0.2, -0.15) is 0 Å². The molecule has 0 spiro atoms. The average Bonchev–Trinajstić information content (AvgIpc) is 2.56. The molecule has 0 fully saturated rings. The molecule has 0 unspecified atom stereocenters. The summed E-state index contributed by atoms with van der Waals surface area (Å²) >= 11 is 0. The molecule has 5 nitrogen and oxygen atoms in total. The fourth-order valence-corrected chi connectivity index (χ4v) is 2.09. The topological polar surface area (TPSA) is 77.8 Å². The zero-order valence-electron chi connectivity index (χ0n) is 12.4. The summed E-state index contributed by atoms with van der Waals surface area (Å²) in [6.45, 7) is 0.635. The normalized spacial score (nSPS) is 11.0. The van der Waals surface area contributed by atoms with E-state index in [2.05, 4.69) is 0 Å². The second-order valence-corrected chi connectivity index (χ2v) is 5.00. The molecule has 0 aliphatic heterocycles. The van der Waals surface area contributed by atoms with Gasteiger partial charge in [-0.1, -0.05) is 60.7 Å². The number of amides is 1. The zero-order chi connectivity index (χ0) is 16.7. The van der Waals surface area contributed by atoms with E-state index >= 15 is 0 Å². The Labute approximate surface area is 134 Å². The van der Waals surface area contributed by atoms with Crippen LogP contribution in [0.2, 0.25) is 0 Å². The summed E-state index contributed by atoms with van der Waals surface area (Å²) in [5.41, 5.74) is 1.83. The molecule has 2 rings (SSSR count). The van der Waals surface area contributed by atoms with Gasteiger partial charge in [-0.25, -0.2) is 4.79 Å². The van der Waals surface area contributed by atoms with Crippen LogP contribution in [-0.2, 0) is 22.7 Å². The number of aliphatic hydroxyl groups is 1. The number of carboxylic acid groups (broad SMARTS) is 1. The summed E-state index contributed by atoms with van der Waals surface area (Å²) in [7, 11) is 0. The highest BCUT2D eigenvalue weighted by Gasteiger charge is 2.15. The lowest BCUT2D eigenvalue weighted by atomic mass is 10.1. The maximum Gasteiger partial charge on any atom is 0.371 e. The van der Waals surface area contributed by atoms with Crippen LogP contribution in [0, 0.1) is 0 Å². The molecule has 0 radical (unpaired) electrons. The number of rotatable bonds is 6. The van der Waals surface area contributed by atoms with E-state index in [1.807, 2.05) is 60.7 Å². The number of hydrogen-bond acceptors (Lipinski definition) is 3. The van der Waals surface area contributed by atoms with Gasteiger partial charge in [0, 0.05) is 13.1 Å². The first-order chi connectivity index (χ1) is 11.1. The number of carbonyl (C=O) groups excluding carboxylic acids is 1. The minimum Gasteiger partial charge on any atom is -0.502 e. The van der Waals surface area contributed by atoms with Gasteiger partial charge in [0.25, 0.3) is 5.91 Å². The molecule has 0 atom stereocenters. The number of nitrogens with zero attached hydrogens (tertiary/aromatic N) is 1. The highest BCUT2D eigenvalue weighted by atomic mass is 16.4. The minimum atomic E-state index is -1.53. The zero-order valence-corrected chi connectivity index (χ0v) is 12.4. The summed E-state index contributed by atoms with van der Waals surface area (Å²) in [5, 5.41) is 18.0. The van der Waals surface area contributed by atoms with Crippen molar-refractivity contribution in [3.05, 3.63) is 83.6 Å². The van der Waals surface area contributed by atoms with E-state index in [9.17, 15) is 14.7 Å². The fourth-order valence-electron chi connectivity index (χ4n) is 2.09. The average molecular weight is 311 g/mol. The van der Waals surface area contributed by atoms with Crippen LogP contribution in [0.3, 0.4) is 0 Å². The van der Waals surface area contributed by atoms with E-state index < -0.39 is 17.6 Å². The molecule has 2 aromatic rings. The number of aliphatic carboxylic acids is 1. The van der Waals surface area contributed by atoms with Crippen molar-refractivity contribution in [3.63, 3.8) is 0 Å². The third kappa shape index (κ3) is 5.00. The molecule has 2 aromatic carbocycles. The molecule has 0 aliphatic carbocycles. The van der Waals surface area contributed by atoms with Crippen molar-refractivity contribution in [2.75, 3.05) is 0 Å². The molecule has 0 saturated carbocycles. The number of carboxylic acids is 1. The predicted molar refractivity (Wildman–Crippen MR) is 85.5 cm³/mol. The van der Waals surface area contributed by atoms with Gasteiger partial charge in [0.05, 0.1) is 6.08 Å². The SMILES string of the molecule is O=C(O)/C(O)=C/C(=O)N(Cc1ccccc1)Cc1ccccc1. The third-order valence-corrected chi connectivity index (χ3v) is 3.22. The van der Waals surface area contributed by atoms with Gasteiger partial charge < -0.3 is 15.1 Å². The van der Waals surface area contributed by atoms with Crippen molar-refractivity contribution in [2.24, 2.45) is 0 Å². The summed E-state index contributed by atoms with van der Waals surface area (Å²) in [4.78, 5) is 24.5. The lowest BCUT2D eigenvalue weighted by molar-refractivity contribution is -0.136. The van der Waals surface area contributed by atoms with Crippen LogP contribution in [0.4, 0.5) is 0 Å². The monoisotopic (exact) mass is 311 g/mol. The van der Waals surface area contributed by atoms with E-state index in [1.54, 1.807) is 0 Å². The van der Waals surface area contributed by atoms with Crippen LogP contribution in [0.15, 0.2) is 72.5 Å². The van der Waals surface area contributed by atoms with Gasteiger partial charge in [0.2, 0.25) is 5.76 Å². The van der Waals surface area contributed by atoms with Gasteiger partial charge in [0.1, 0.15) is 0 Å². The van der Waals surface area contributed by atoms with Crippen LogP contribution in [-0.4, -0.2) is 27.0 Å². The maximum atomic E-state index is 12.3. The van der Waals surface area contributed by atoms with Crippen molar-refractivity contribution in [3.8, 4) is 0 Å². The molecule has 23 heavy (non-hydrogen) atoms. The number of benzene rings is 2. The molecule has 0 aromatic heterocycles. The quantitative estimate of drug-likeness (QED) is 0.635. The van der Waals surface area contributed by atoms with Crippen molar-refractivity contribution in [1.82, 2.24) is 4.90 Å². The van der Waals surface area contributed by atoms with Gasteiger partial charge in [-0.15, -0.1) is 0 Å². The number of carbonyl (C=O) groups is 2. The first-order valence-electron chi connectivity index (χ1n) is 7.07. The lowest BCUT2D eigenvalue weighted by Gasteiger charge is -2.21. The van der Waals surface area contributed by atoms with Crippen molar-refractivity contribution < 1.29 is 19.8 Å². The predicted octanol–water partition coefficient (Wildman–Crippen LogP) is 2.74. The summed E-state index contributed by atoms with van der Waals surface area (Å²) < 4.78 is 0. The first kappa shape index (κ1) is 16.3. The Bertz CT molecular complexity index is 654. The Morgan fingerprint density at radius 1 is 0.826 bits per heavy atom. The largest absolute Gasteiger partial charge is 0.502 e. The van der Waals surface area contributed by atoms with E-state index in [4.69, 9.17) is 5.11 Å². The Kier molecular flexibility index (Phi) is 5.52. The van der Waals surface area contributed by atoms with E-state index in [-0.39, 0.29) is 0 Å². The summed E-state index contributed by atoms with van der Waals surface area (Å²) in [6, 6.07) is 18.7. The Morgan fingerprint density at radius 2 is 1.26 bits per heavy atom. The maximum absolute atomic E-state index is 12.3. The van der Waals surface area contributed by atoms with Crippen molar-refractivity contribution in [2.45, 2.75) is 13.1 Å². The van der Waals surface area contributed by atoms with E-state index in [0.29, 0.717) is 13.1 Å². The third-order valence-electron chi connectivity index (χ3n) is 3.22. The van der Waals surface area contributed by atoms with Gasteiger partial charge in [0.15, 0.2) is 0 Å². The number of hydrogen-bond donors (Lipinski definition) is 2. The van der Waals surface area contributed by atoms with Crippen molar-refractivity contribution >= 4 is 11.9 Å².